The van der Waals surface area contributed by atoms with Crippen LogP contribution in [0.15, 0.2) is 42.3 Å². The molecule has 0 aliphatic rings. The molecule has 3 nitrogen and oxygen atoms in total. The van der Waals surface area contributed by atoms with Gasteiger partial charge in [-0.05, 0) is 12.1 Å². The summed E-state index contributed by atoms with van der Waals surface area (Å²) in [5, 5.41) is 2.04. The molecule has 3 rings (SSSR count). The fraction of sp³-hybridized carbons (Fsp3) is 0.100. The summed E-state index contributed by atoms with van der Waals surface area (Å²) in [5.41, 5.74) is 1.10. The lowest BCUT2D eigenvalue weighted by molar-refractivity contribution is 0.787. The first kappa shape index (κ1) is 7.82. The number of hydrogen-bond acceptors (Lipinski definition) is 2. The van der Waals surface area contributed by atoms with Gasteiger partial charge in [0.15, 0.2) is 4.96 Å². The Balaban J connectivity index is 1.95. The highest BCUT2D eigenvalue weighted by molar-refractivity contribution is 7.15. The van der Waals surface area contributed by atoms with Gasteiger partial charge in [0.05, 0.1) is 12.2 Å². The zero-order chi connectivity index (χ0) is 9.38. The van der Waals surface area contributed by atoms with Gasteiger partial charge in [-0.3, -0.25) is 4.40 Å². The molecule has 14 heavy (non-hydrogen) atoms. The van der Waals surface area contributed by atoms with Crippen LogP contribution in [-0.2, 0) is 6.54 Å². The van der Waals surface area contributed by atoms with Crippen molar-refractivity contribution in [1.29, 1.82) is 0 Å². The average molecular weight is 203 g/mol. The lowest BCUT2D eigenvalue weighted by Gasteiger charge is -1.96. The van der Waals surface area contributed by atoms with E-state index in [0.717, 1.165) is 17.2 Å². The molecule has 0 aromatic carbocycles. The Morgan fingerprint density at radius 3 is 2.86 bits per heavy atom. The molecule has 0 aliphatic heterocycles. The number of hydrogen-bond donors (Lipinski definition) is 0. The summed E-state index contributed by atoms with van der Waals surface area (Å²) in [4.78, 5) is 5.57. The maximum atomic E-state index is 4.51. The summed E-state index contributed by atoms with van der Waals surface area (Å²) < 4.78 is 4.18. The highest BCUT2D eigenvalue weighted by Crippen LogP contribution is 2.12. The number of nitrogens with zero attached hydrogens (tertiary/aromatic N) is 3. The first-order valence-corrected chi connectivity index (χ1v) is 5.31. The molecule has 0 radical (unpaired) electrons. The Kier molecular flexibility index (Phi) is 1.67. The van der Waals surface area contributed by atoms with E-state index in [9.17, 15) is 0 Å². The molecule has 0 unspecified atom stereocenters. The fourth-order valence-electron chi connectivity index (χ4n) is 1.51. The molecule has 0 fully saturated rings. The van der Waals surface area contributed by atoms with Gasteiger partial charge in [0, 0.05) is 30.2 Å². The Bertz CT molecular complexity index is 504. The van der Waals surface area contributed by atoms with Crippen LogP contribution >= 0.6 is 11.3 Å². The van der Waals surface area contributed by atoms with Crippen molar-refractivity contribution in [1.82, 2.24) is 14.0 Å². The molecule has 0 saturated carbocycles. The van der Waals surface area contributed by atoms with Crippen molar-refractivity contribution in [3.05, 3.63) is 48.0 Å². The molecule has 3 aromatic heterocycles. The maximum absolute atomic E-state index is 4.51. The van der Waals surface area contributed by atoms with Crippen LogP contribution in [0.25, 0.3) is 4.96 Å². The maximum Gasteiger partial charge on any atom is 0.193 e. The average Bonchev–Trinajstić information content (AvgIpc) is 2.78. The van der Waals surface area contributed by atoms with Crippen molar-refractivity contribution in [3.8, 4) is 0 Å². The van der Waals surface area contributed by atoms with E-state index < -0.39 is 0 Å². The number of rotatable bonds is 2. The number of imidazole rings is 1. The van der Waals surface area contributed by atoms with Crippen molar-refractivity contribution in [2.75, 3.05) is 0 Å². The van der Waals surface area contributed by atoms with Crippen LogP contribution in [0.4, 0.5) is 0 Å². The van der Waals surface area contributed by atoms with Crippen molar-refractivity contribution in [2.24, 2.45) is 0 Å². The molecular weight excluding hydrogens is 194 g/mol. The summed E-state index contributed by atoms with van der Waals surface area (Å²) >= 11 is 1.66. The van der Waals surface area contributed by atoms with E-state index in [1.54, 1.807) is 11.3 Å². The van der Waals surface area contributed by atoms with Crippen molar-refractivity contribution in [2.45, 2.75) is 6.54 Å². The molecule has 0 spiro atoms. The van der Waals surface area contributed by atoms with Gasteiger partial charge in [-0.2, -0.15) is 0 Å². The smallest absolute Gasteiger partial charge is 0.193 e. The summed E-state index contributed by atoms with van der Waals surface area (Å²) in [5.74, 6) is 0. The standard InChI is InChI=1S/C10H9N3S/c1-2-4-12(3-1)7-9-8-13-5-6-14-10(13)11-9/h1-6,8H,7H2. The lowest BCUT2D eigenvalue weighted by Crippen LogP contribution is -1.95. The zero-order valence-corrected chi connectivity index (χ0v) is 8.31. The Morgan fingerprint density at radius 2 is 2.07 bits per heavy atom. The monoisotopic (exact) mass is 203 g/mol. The van der Waals surface area contributed by atoms with Gasteiger partial charge < -0.3 is 4.57 Å². The normalized spacial score (nSPS) is 11.1. The molecule has 70 valence electrons. The van der Waals surface area contributed by atoms with E-state index >= 15 is 0 Å². The van der Waals surface area contributed by atoms with E-state index in [4.69, 9.17) is 0 Å². The molecule has 3 heterocycles. The van der Waals surface area contributed by atoms with Crippen molar-refractivity contribution < 1.29 is 0 Å². The molecule has 0 saturated heterocycles. The third-order valence-corrected chi connectivity index (χ3v) is 2.92. The van der Waals surface area contributed by atoms with Crippen LogP contribution in [-0.4, -0.2) is 14.0 Å². The molecule has 0 atom stereocenters. The second-order valence-electron chi connectivity index (χ2n) is 3.18. The SMILES string of the molecule is c1ccn(Cc2cn3ccsc3n2)c1. The molecule has 4 heteroatoms. The Labute approximate surface area is 85.3 Å². The summed E-state index contributed by atoms with van der Waals surface area (Å²) in [7, 11) is 0. The summed E-state index contributed by atoms with van der Waals surface area (Å²) in [6, 6.07) is 4.05. The summed E-state index contributed by atoms with van der Waals surface area (Å²) in [6.07, 6.45) is 8.21. The van der Waals surface area contributed by atoms with Crippen LogP contribution in [0.3, 0.4) is 0 Å². The van der Waals surface area contributed by atoms with Crippen LogP contribution < -0.4 is 0 Å². The minimum absolute atomic E-state index is 0.849. The van der Waals surface area contributed by atoms with Gasteiger partial charge in [-0.1, -0.05) is 0 Å². The molecule has 0 bridgehead atoms. The Morgan fingerprint density at radius 1 is 1.21 bits per heavy atom. The van der Waals surface area contributed by atoms with Gasteiger partial charge in [-0.25, -0.2) is 4.98 Å². The lowest BCUT2D eigenvalue weighted by atomic mass is 10.5. The molecule has 3 aromatic rings. The third-order valence-electron chi connectivity index (χ3n) is 2.15. The predicted molar refractivity (Wildman–Crippen MR) is 56.6 cm³/mol. The van der Waals surface area contributed by atoms with Gasteiger partial charge >= 0.3 is 0 Å². The van der Waals surface area contributed by atoms with E-state index in [1.807, 2.05) is 36.1 Å². The van der Waals surface area contributed by atoms with E-state index in [1.165, 1.54) is 0 Å². The highest BCUT2D eigenvalue weighted by Gasteiger charge is 2.01. The molecule has 0 amide bonds. The minimum atomic E-state index is 0.849. The van der Waals surface area contributed by atoms with E-state index in [0.29, 0.717) is 0 Å². The van der Waals surface area contributed by atoms with Crippen LogP contribution in [0.2, 0.25) is 0 Å². The fourth-order valence-corrected chi connectivity index (χ4v) is 2.23. The van der Waals surface area contributed by atoms with E-state index in [-0.39, 0.29) is 0 Å². The van der Waals surface area contributed by atoms with Crippen LogP contribution in [0.1, 0.15) is 5.69 Å². The van der Waals surface area contributed by atoms with Crippen LogP contribution in [0.5, 0.6) is 0 Å². The minimum Gasteiger partial charge on any atom is -0.348 e. The predicted octanol–water partition coefficient (Wildman–Crippen LogP) is 2.25. The van der Waals surface area contributed by atoms with Gasteiger partial charge in [-0.15, -0.1) is 11.3 Å². The zero-order valence-electron chi connectivity index (χ0n) is 7.50. The van der Waals surface area contributed by atoms with Crippen molar-refractivity contribution >= 4 is 16.3 Å². The highest BCUT2D eigenvalue weighted by atomic mass is 32.1. The number of thiazole rings is 1. The quantitative estimate of drug-likeness (QED) is 0.626. The second kappa shape index (κ2) is 2.99. The topological polar surface area (TPSA) is 22.2 Å². The number of aromatic nitrogens is 3. The molecular formula is C10H9N3S. The van der Waals surface area contributed by atoms with Gasteiger partial charge in [0.25, 0.3) is 0 Å². The van der Waals surface area contributed by atoms with Gasteiger partial charge in [0.1, 0.15) is 0 Å². The molecule has 0 N–H and O–H groups in total. The summed E-state index contributed by atoms with van der Waals surface area (Å²) in [6.45, 7) is 0.849. The first-order chi connectivity index (χ1) is 6.92. The molecule has 0 aliphatic carbocycles. The second-order valence-corrected chi connectivity index (χ2v) is 4.05. The largest absolute Gasteiger partial charge is 0.348 e. The van der Waals surface area contributed by atoms with Crippen molar-refractivity contribution in [3.63, 3.8) is 0 Å². The third kappa shape index (κ3) is 1.24. The first-order valence-electron chi connectivity index (χ1n) is 4.44. The van der Waals surface area contributed by atoms with E-state index in [2.05, 4.69) is 20.1 Å². The number of fused-ring (bicyclic) bond motifs is 1. The Hall–Kier alpha value is -1.55. The van der Waals surface area contributed by atoms with Crippen LogP contribution in [0, 0.1) is 0 Å². The van der Waals surface area contributed by atoms with Gasteiger partial charge in [0.2, 0.25) is 0 Å².